The van der Waals surface area contributed by atoms with Crippen molar-refractivity contribution < 1.29 is 13.5 Å². The van der Waals surface area contributed by atoms with Crippen LogP contribution in [-0.4, -0.2) is 37.1 Å². The summed E-state index contributed by atoms with van der Waals surface area (Å²) in [4.78, 5) is 4.53. The Hall–Kier alpha value is -1.89. The zero-order valence-corrected chi connectivity index (χ0v) is 16.0. The van der Waals surface area contributed by atoms with Crippen LogP contribution in [0.2, 0.25) is 5.02 Å². The number of aliphatic imine (C=N–C) groups is 1. The van der Waals surface area contributed by atoms with Crippen molar-refractivity contribution in [1.29, 1.82) is 0 Å². The second kappa shape index (κ2) is 7.99. The maximum absolute atomic E-state index is 12.6. The Labute approximate surface area is 153 Å². The van der Waals surface area contributed by atoms with Crippen LogP contribution < -0.4 is 0 Å². The Morgan fingerprint density at radius 1 is 1.16 bits per heavy atom. The fourth-order valence-electron chi connectivity index (χ4n) is 2.37. The molecule has 134 valence electrons. The Kier molecular flexibility index (Phi) is 6.21. The van der Waals surface area contributed by atoms with E-state index in [0.29, 0.717) is 29.4 Å². The molecule has 0 bridgehead atoms. The number of hydrogen-bond acceptors (Lipinski definition) is 4. The summed E-state index contributed by atoms with van der Waals surface area (Å²) in [6, 6.07) is 9.50. The summed E-state index contributed by atoms with van der Waals surface area (Å²) in [6.45, 7) is 6.26. The van der Waals surface area contributed by atoms with Crippen LogP contribution >= 0.6 is 11.6 Å². The van der Waals surface area contributed by atoms with Gasteiger partial charge < -0.3 is 5.11 Å². The highest BCUT2D eigenvalue weighted by Crippen LogP contribution is 2.26. The molecule has 0 unspecified atom stereocenters. The smallest absolute Gasteiger partial charge is 0.243 e. The quantitative estimate of drug-likeness (QED) is 0.766. The third-order valence-corrected chi connectivity index (χ3v) is 6.14. The van der Waals surface area contributed by atoms with Gasteiger partial charge in [0, 0.05) is 29.9 Å². The van der Waals surface area contributed by atoms with Gasteiger partial charge in [-0.25, -0.2) is 8.42 Å². The van der Waals surface area contributed by atoms with E-state index in [9.17, 15) is 13.5 Å². The number of rotatable bonds is 6. The van der Waals surface area contributed by atoms with E-state index in [1.165, 1.54) is 16.6 Å². The van der Waals surface area contributed by atoms with E-state index in [2.05, 4.69) is 4.99 Å². The number of nitrogens with zero attached hydrogens (tertiary/aromatic N) is 2. The van der Waals surface area contributed by atoms with Crippen LogP contribution in [0.5, 0.6) is 5.75 Å². The minimum atomic E-state index is -3.55. The van der Waals surface area contributed by atoms with Crippen LogP contribution in [0, 0.1) is 6.92 Å². The average molecular weight is 381 g/mol. The predicted molar refractivity (Wildman–Crippen MR) is 102 cm³/mol. The van der Waals surface area contributed by atoms with Gasteiger partial charge in [0.05, 0.1) is 10.6 Å². The summed E-state index contributed by atoms with van der Waals surface area (Å²) in [7, 11) is -3.55. The number of aromatic hydroxyl groups is 1. The highest BCUT2D eigenvalue weighted by atomic mass is 35.5. The maximum Gasteiger partial charge on any atom is 0.243 e. The van der Waals surface area contributed by atoms with E-state index < -0.39 is 10.0 Å². The summed E-state index contributed by atoms with van der Waals surface area (Å²) in [6.07, 6.45) is 1.47. The van der Waals surface area contributed by atoms with Gasteiger partial charge in [0.25, 0.3) is 0 Å². The Bertz CT molecular complexity index is 891. The third kappa shape index (κ3) is 4.39. The van der Waals surface area contributed by atoms with Crippen molar-refractivity contribution in [3.8, 4) is 5.75 Å². The lowest BCUT2D eigenvalue weighted by Gasteiger charge is -2.18. The summed E-state index contributed by atoms with van der Waals surface area (Å²) >= 11 is 5.92. The molecule has 0 saturated heterocycles. The van der Waals surface area contributed by atoms with Crippen molar-refractivity contribution in [3.05, 3.63) is 52.5 Å². The van der Waals surface area contributed by atoms with Crippen molar-refractivity contribution in [2.24, 2.45) is 4.99 Å². The van der Waals surface area contributed by atoms with Crippen LogP contribution in [0.25, 0.3) is 0 Å². The van der Waals surface area contributed by atoms with Crippen LogP contribution in [0.4, 0.5) is 5.69 Å². The molecular weight excluding hydrogens is 360 g/mol. The number of halogens is 1. The zero-order valence-electron chi connectivity index (χ0n) is 14.4. The lowest BCUT2D eigenvalue weighted by atomic mass is 10.2. The lowest BCUT2D eigenvalue weighted by Crippen LogP contribution is -2.30. The highest BCUT2D eigenvalue weighted by Gasteiger charge is 2.22. The van der Waals surface area contributed by atoms with Crippen molar-refractivity contribution >= 4 is 33.5 Å². The molecule has 2 aromatic carbocycles. The van der Waals surface area contributed by atoms with Gasteiger partial charge >= 0.3 is 0 Å². The molecule has 2 aromatic rings. The summed E-state index contributed by atoms with van der Waals surface area (Å²) in [5.41, 5.74) is 1.81. The number of hydrogen-bond donors (Lipinski definition) is 1. The summed E-state index contributed by atoms with van der Waals surface area (Å²) in [5.74, 6) is 0.0534. The monoisotopic (exact) mass is 380 g/mol. The van der Waals surface area contributed by atoms with Gasteiger partial charge in [-0.2, -0.15) is 4.31 Å². The van der Waals surface area contributed by atoms with Crippen LogP contribution in [0.15, 0.2) is 46.3 Å². The molecule has 5 nitrogen and oxygen atoms in total. The van der Waals surface area contributed by atoms with Gasteiger partial charge in [-0.1, -0.05) is 31.5 Å². The standard InChI is InChI=1S/C18H21ClN2O3S/c1-4-21(5-2)25(23,24)16-8-6-13(3)17(11-16)20-12-14-10-15(19)7-9-18(14)22/h6-12,22H,4-5H2,1-3H3. The van der Waals surface area contributed by atoms with E-state index in [1.807, 2.05) is 6.92 Å². The van der Waals surface area contributed by atoms with E-state index in [0.717, 1.165) is 5.56 Å². The fourth-order valence-corrected chi connectivity index (χ4v) is 4.03. The molecule has 0 aromatic heterocycles. The SMILES string of the molecule is CCN(CC)S(=O)(=O)c1ccc(C)c(N=Cc2cc(Cl)ccc2O)c1. The predicted octanol–water partition coefficient (Wildman–Crippen LogP) is 4.14. The number of phenolic OH excluding ortho intramolecular Hbond substituents is 1. The molecule has 0 aliphatic carbocycles. The van der Waals surface area contributed by atoms with Gasteiger partial charge in [0.1, 0.15) is 5.75 Å². The normalized spacial score (nSPS) is 12.2. The second-order valence-corrected chi connectivity index (χ2v) is 7.87. The molecule has 0 atom stereocenters. The Morgan fingerprint density at radius 2 is 1.84 bits per heavy atom. The minimum Gasteiger partial charge on any atom is -0.507 e. The fraction of sp³-hybridized carbons (Fsp3) is 0.278. The van der Waals surface area contributed by atoms with Crippen LogP contribution in [0.1, 0.15) is 25.0 Å². The summed E-state index contributed by atoms with van der Waals surface area (Å²) in [5, 5.41) is 10.3. The zero-order chi connectivity index (χ0) is 18.6. The highest BCUT2D eigenvalue weighted by molar-refractivity contribution is 7.89. The molecule has 0 aliphatic rings. The molecule has 0 aliphatic heterocycles. The van der Waals surface area contributed by atoms with Crippen molar-refractivity contribution in [3.63, 3.8) is 0 Å². The number of phenols is 1. The largest absolute Gasteiger partial charge is 0.507 e. The number of sulfonamides is 1. The van der Waals surface area contributed by atoms with Gasteiger partial charge in [-0.05, 0) is 42.8 Å². The van der Waals surface area contributed by atoms with Crippen molar-refractivity contribution in [2.75, 3.05) is 13.1 Å². The molecular formula is C18H21ClN2O3S. The second-order valence-electron chi connectivity index (χ2n) is 5.50. The summed E-state index contributed by atoms with van der Waals surface area (Å²) < 4.78 is 26.7. The third-order valence-electron chi connectivity index (χ3n) is 3.86. The molecule has 1 N–H and O–H groups in total. The topological polar surface area (TPSA) is 70.0 Å². The molecule has 0 saturated carbocycles. The van der Waals surface area contributed by atoms with Gasteiger partial charge in [-0.15, -0.1) is 0 Å². The molecule has 7 heteroatoms. The molecule has 0 spiro atoms. The first kappa shape index (κ1) is 19.4. The van der Waals surface area contributed by atoms with E-state index in [4.69, 9.17) is 11.6 Å². The molecule has 0 heterocycles. The maximum atomic E-state index is 12.6. The van der Waals surface area contributed by atoms with E-state index >= 15 is 0 Å². The minimum absolute atomic E-state index is 0.0534. The average Bonchev–Trinajstić information content (AvgIpc) is 2.57. The molecule has 0 radical (unpaired) electrons. The van der Waals surface area contributed by atoms with Gasteiger partial charge in [-0.3, -0.25) is 4.99 Å². The van der Waals surface area contributed by atoms with Crippen LogP contribution in [-0.2, 0) is 10.0 Å². The first-order valence-corrected chi connectivity index (χ1v) is 9.74. The first-order valence-electron chi connectivity index (χ1n) is 7.93. The first-order chi connectivity index (χ1) is 11.8. The van der Waals surface area contributed by atoms with Crippen LogP contribution in [0.3, 0.4) is 0 Å². The van der Waals surface area contributed by atoms with E-state index in [1.54, 1.807) is 44.2 Å². The Balaban J connectivity index is 2.43. The number of benzene rings is 2. The van der Waals surface area contributed by atoms with Gasteiger partial charge in [0.15, 0.2) is 0 Å². The molecule has 0 fully saturated rings. The van der Waals surface area contributed by atoms with Crippen molar-refractivity contribution in [1.82, 2.24) is 4.31 Å². The number of aryl methyl sites for hydroxylation is 1. The molecule has 0 amide bonds. The Morgan fingerprint density at radius 3 is 2.48 bits per heavy atom. The lowest BCUT2D eigenvalue weighted by molar-refractivity contribution is 0.445. The molecule has 2 rings (SSSR count). The van der Waals surface area contributed by atoms with Gasteiger partial charge in [0.2, 0.25) is 10.0 Å². The molecule has 25 heavy (non-hydrogen) atoms. The van der Waals surface area contributed by atoms with E-state index in [-0.39, 0.29) is 10.6 Å². The van der Waals surface area contributed by atoms with Crippen molar-refractivity contribution in [2.45, 2.75) is 25.7 Å².